The zero-order chi connectivity index (χ0) is 81.0. The number of amides is 9. The predicted octanol–water partition coefficient (Wildman–Crippen LogP) is 7.42. The first-order valence-electron chi connectivity index (χ1n) is 37.4. The maximum atomic E-state index is 14.9. The number of likely N-dealkylation sites (tertiary alicyclic amines) is 1. The van der Waals surface area contributed by atoms with E-state index >= 15 is 0 Å². The number of rotatable bonds is 44. The molecule has 1 heterocycles. The number of anilines is 1. The third-order valence-electron chi connectivity index (χ3n) is 19.9. The fraction of sp³-hybridized carbons (Fsp3) is 0.620. The van der Waals surface area contributed by atoms with Crippen molar-refractivity contribution in [2.45, 2.75) is 227 Å². The minimum absolute atomic E-state index is 0.0841. The van der Waals surface area contributed by atoms with Gasteiger partial charge in [-0.2, -0.15) is 0 Å². The van der Waals surface area contributed by atoms with Gasteiger partial charge in [0.25, 0.3) is 5.91 Å². The fourth-order valence-electron chi connectivity index (χ4n) is 13.7. The number of phenols is 1. The number of nitrogens with two attached hydrogens (primary N) is 1. The maximum Gasteiger partial charge on any atom is 0.410 e. The van der Waals surface area contributed by atoms with Crippen LogP contribution in [0.2, 0.25) is 0 Å². The average Bonchev–Trinajstić information content (AvgIpc) is 1.28. The Morgan fingerprint density at radius 3 is 1.98 bits per heavy atom. The fourth-order valence-corrected chi connectivity index (χ4v) is 13.7. The molecule has 11 N–H and O–H groups in total. The second-order valence-corrected chi connectivity index (χ2v) is 30.5. The molecule has 1 aliphatic heterocycles. The van der Waals surface area contributed by atoms with Crippen LogP contribution in [-0.4, -0.2) is 209 Å². The van der Waals surface area contributed by atoms with Crippen LogP contribution in [0, 0.1) is 41.4 Å². The number of benzene rings is 3. The highest BCUT2D eigenvalue weighted by Gasteiger charge is 2.44. The summed E-state index contributed by atoms with van der Waals surface area (Å²) in [6.07, 6.45) is -0.294. The quantitative estimate of drug-likeness (QED) is 0.0149. The summed E-state index contributed by atoms with van der Waals surface area (Å²) in [6, 6.07) is 13.3. The molecule has 3 aromatic rings. The molecule has 600 valence electrons. The lowest BCUT2D eigenvalue weighted by molar-refractivity contribution is -0.149. The smallest absolute Gasteiger partial charge is 0.410 e. The summed E-state index contributed by atoms with van der Waals surface area (Å²) < 4.78 is 17.8. The summed E-state index contributed by atoms with van der Waals surface area (Å²) in [7, 11) is 6.15. The van der Waals surface area contributed by atoms with Crippen LogP contribution >= 0.6 is 0 Å². The number of oxime groups is 1. The molecule has 9 amide bonds. The number of carboxylic acid groups (broad SMARTS) is 1. The van der Waals surface area contributed by atoms with Crippen molar-refractivity contribution in [3.63, 3.8) is 0 Å². The molecule has 1 aliphatic rings. The molecular weight excluding hydrogens is 1390 g/mol. The van der Waals surface area contributed by atoms with Gasteiger partial charge in [-0.3, -0.25) is 48.5 Å². The minimum atomic E-state index is -1.17. The number of nitrogens with zero attached hydrogens (tertiary/aromatic N) is 4. The van der Waals surface area contributed by atoms with Crippen LogP contribution < -0.4 is 37.6 Å². The Bertz CT molecular complexity index is 3500. The van der Waals surface area contributed by atoms with Gasteiger partial charge in [-0.1, -0.05) is 122 Å². The number of urea groups is 1. The molecule has 14 atom stereocenters. The number of nitrogens with one attached hydrogen (secondary N) is 6. The number of phenolic OH excluding ortho intramolecular Hbond substituents is 1. The lowest BCUT2D eigenvalue weighted by Gasteiger charge is -2.41. The second-order valence-electron chi connectivity index (χ2n) is 30.5. The van der Waals surface area contributed by atoms with Crippen LogP contribution in [0.5, 0.6) is 5.75 Å². The molecule has 108 heavy (non-hydrogen) atoms. The number of carbonyl (C=O) groups excluding carboxylic acids is 10. The van der Waals surface area contributed by atoms with E-state index in [-0.39, 0.29) is 98.3 Å². The van der Waals surface area contributed by atoms with Gasteiger partial charge in [0.05, 0.1) is 67.1 Å². The number of ketones is 2. The number of ether oxygens (including phenoxy) is 3. The van der Waals surface area contributed by atoms with Gasteiger partial charge in [0, 0.05) is 82.9 Å². The van der Waals surface area contributed by atoms with Crippen molar-refractivity contribution in [2.75, 3.05) is 53.3 Å². The molecular formula is C79H121N11O18. The number of carboxylic acids is 1. The Morgan fingerprint density at radius 1 is 0.759 bits per heavy atom. The number of carbonyl (C=O) groups is 11. The molecule has 1 saturated heterocycles. The molecule has 3 aromatic carbocycles. The van der Waals surface area contributed by atoms with E-state index in [0.717, 1.165) is 6.21 Å². The SMILES string of the molecule is CC[C@H](C)[C@@H]([C@@H](CC(=O)N1CCC[C@H]1[C@H](OC)[C@@H](C)C(=O)N[C@H](C)[C@@H](O)c1ccccc1)OC)N(C)C(=O)[C@@H](CC(=O)[C@H](C(C)C)N(C)C(=O)OCc1ccc(NC(=O)[C@H](CCCNC(N)=O)CC(=O)[C@@H](NC(=O)[C@H](C)NC(=O)CON=Cc2cc(C[C@H](NC(C)(C)C)C(=O)O)ccc2O)C(C)C)cc1)C(C)C. The van der Waals surface area contributed by atoms with Crippen LogP contribution in [0.15, 0.2) is 78.0 Å². The first kappa shape index (κ1) is 91.3. The third kappa shape index (κ3) is 28.2. The molecule has 0 unspecified atom stereocenters. The van der Waals surface area contributed by atoms with Crippen LogP contribution in [0.1, 0.15) is 177 Å². The number of methoxy groups -OCH3 is 2. The third-order valence-corrected chi connectivity index (χ3v) is 19.9. The molecule has 0 aliphatic carbocycles. The lowest BCUT2D eigenvalue weighted by atomic mass is 9.83. The molecule has 0 spiro atoms. The van der Waals surface area contributed by atoms with Crippen LogP contribution in [-0.2, 0) is 75.2 Å². The Labute approximate surface area is 636 Å². The summed E-state index contributed by atoms with van der Waals surface area (Å²) in [5.74, 6) is -8.80. The van der Waals surface area contributed by atoms with Crippen LogP contribution in [0.4, 0.5) is 15.3 Å². The summed E-state index contributed by atoms with van der Waals surface area (Å²) in [4.78, 5) is 159. The van der Waals surface area contributed by atoms with Gasteiger partial charge in [-0.05, 0) is 131 Å². The van der Waals surface area contributed by atoms with Crippen molar-refractivity contribution < 1.29 is 87.1 Å². The number of hydrogen-bond acceptors (Lipinski definition) is 19. The van der Waals surface area contributed by atoms with E-state index in [9.17, 15) is 68.1 Å². The number of primary amides is 1. The van der Waals surface area contributed by atoms with Crippen molar-refractivity contribution in [1.82, 2.24) is 41.3 Å². The second kappa shape index (κ2) is 43.8. The van der Waals surface area contributed by atoms with Crippen molar-refractivity contribution in [3.05, 3.63) is 95.1 Å². The van der Waals surface area contributed by atoms with E-state index in [1.165, 1.54) is 45.2 Å². The molecule has 0 aromatic heterocycles. The Morgan fingerprint density at radius 2 is 1.41 bits per heavy atom. The largest absolute Gasteiger partial charge is 0.507 e. The summed E-state index contributed by atoms with van der Waals surface area (Å²) in [6.45, 7) is 24.7. The van der Waals surface area contributed by atoms with E-state index in [1.54, 1.807) is 101 Å². The van der Waals surface area contributed by atoms with E-state index in [2.05, 4.69) is 37.1 Å². The highest BCUT2D eigenvalue weighted by atomic mass is 16.6. The minimum Gasteiger partial charge on any atom is -0.507 e. The highest BCUT2D eigenvalue weighted by Crippen LogP contribution is 2.33. The molecule has 29 heteroatoms. The van der Waals surface area contributed by atoms with Crippen LogP contribution in [0.3, 0.4) is 0 Å². The van der Waals surface area contributed by atoms with Gasteiger partial charge in [-0.25, -0.2) is 9.59 Å². The average molecular weight is 1510 g/mol. The van der Waals surface area contributed by atoms with Gasteiger partial charge in [-0.15, -0.1) is 0 Å². The molecule has 0 bridgehead atoms. The monoisotopic (exact) mass is 1510 g/mol. The van der Waals surface area contributed by atoms with Gasteiger partial charge in [0.15, 0.2) is 18.2 Å². The Kier molecular flexibility index (Phi) is 37.0. The van der Waals surface area contributed by atoms with Gasteiger partial charge in [0.1, 0.15) is 24.4 Å². The van der Waals surface area contributed by atoms with E-state index in [0.29, 0.717) is 48.2 Å². The number of aromatic hydroxyl groups is 1. The van der Waals surface area contributed by atoms with Crippen molar-refractivity contribution in [1.29, 1.82) is 0 Å². The zero-order valence-corrected chi connectivity index (χ0v) is 66.3. The molecule has 29 nitrogen and oxygen atoms in total. The van der Waals surface area contributed by atoms with Gasteiger partial charge < -0.3 is 81.4 Å². The first-order chi connectivity index (χ1) is 50.7. The lowest BCUT2D eigenvalue weighted by Crippen LogP contribution is -2.55. The zero-order valence-electron chi connectivity index (χ0n) is 66.3. The van der Waals surface area contributed by atoms with Crippen molar-refractivity contribution >= 4 is 77.0 Å². The molecule has 0 saturated carbocycles. The number of likely N-dealkylation sites (N-methyl/N-ethyl adjacent to an activating group) is 2. The van der Waals surface area contributed by atoms with Crippen LogP contribution in [0.25, 0.3) is 0 Å². The number of Topliss-reactive ketones (excluding diaryl/α,β-unsaturated/α-hetero) is 2. The summed E-state index contributed by atoms with van der Waals surface area (Å²) in [5, 5.41) is 51.4. The maximum absolute atomic E-state index is 14.9. The standard InChI is InChI=1S/C79H121N11O18/c1-19-48(8)69(64(105-17)41-66(95)90-36-24-28-60(90)71(106-18)49(9)72(97)84-50(10)70(96)54-25-21-20-22-26-54)88(15)75(100)58(45(2)3)40-63(93)68(47(6)7)89(16)78(104)107-43-52-29-32-57(33-30-52)85-74(99)55(27-23-35-81-77(80)103)39-62(92)67(46(4)5)86-73(98)51(11)83-65(94)44-108-82-42-56-37-53(31-34-61(56)91)38-59(76(101)102)87-79(12,13)14/h20-22,25-26,29-34,37,42,45-51,55,58-60,64,67-71,87,91,96H,19,23-24,27-28,35-36,38-41,43-44H2,1-18H3,(H,83,94)(H,84,97)(H,85,99)(H,86,98)(H,101,102)(H3,80,81,103)/t48-,49+,50+,51-,55+,58-,59-,60-,64+,67-,68-,69-,70+,71+/m0/s1. The number of aliphatic hydroxyl groups excluding tert-OH is 1. The Balaban J connectivity index is 1.37. The van der Waals surface area contributed by atoms with Crippen molar-refractivity contribution in [2.24, 2.45) is 52.3 Å². The normalized spacial score (nSPS) is 16.8. The topological polar surface area (TPSA) is 406 Å². The molecule has 0 radical (unpaired) electrons. The van der Waals surface area contributed by atoms with Gasteiger partial charge in [0.2, 0.25) is 29.5 Å². The van der Waals surface area contributed by atoms with E-state index in [1.807, 2.05) is 66.7 Å². The van der Waals surface area contributed by atoms with E-state index in [4.69, 9.17) is 24.8 Å². The number of aliphatic hydroxyl groups is 1. The predicted molar refractivity (Wildman–Crippen MR) is 409 cm³/mol. The number of aliphatic carboxylic acids is 1. The Hall–Kier alpha value is -9.06. The van der Waals surface area contributed by atoms with E-state index < -0.39 is 144 Å². The van der Waals surface area contributed by atoms with Crippen molar-refractivity contribution in [3.8, 4) is 5.75 Å². The number of hydrogen-bond donors (Lipinski definition) is 10. The highest BCUT2D eigenvalue weighted by molar-refractivity contribution is 5.98. The first-order valence-corrected chi connectivity index (χ1v) is 37.4. The summed E-state index contributed by atoms with van der Waals surface area (Å²) >= 11 is 0. The summed E-state index contributed by atoms with van der Waals surface area (Å²) in [5.41, 5.74) is 7.10. The molecule has 1 fully saturated rings. The van der Waals surface area contributed by atoms with Gasteiger partial charge >= 0.3 is 18.1 Å². The molecule has 4 rings (SSSR count).